The Balaban J connectivity index is 3.57. The predicted molar refractivity (Wildman–Crippen MR) is 77.4 cm³/mol. The Bertz CT molecular complexity index is 225. The second kappa shape index (κ2) is 12.3. The molecule has 0 saturated heterocycles. The maximum Gasteiger partial charge on any atom is 0.220 e. The fourth-order valence-electron chi connectivity index (χ4n) is 1.66. The average molecular weight is 274 g/mol. The Hall–Kier alpha value is -0.690. The number of amides is 1. The summed E-state index contributed by atoms with van der Waals surface area (Å²) in [6, 6.07) is 0.333. The van der Waals surface area contributed by atoms with Gasteiger partial charge in [-0.25, -0.2) is 5.01 Å². The second-order valence-corrected chi connectivity index (χ2v) is 4.66. The molecule has 6 heteroatoms. The summed E-state index contributed by atoms with van der Waals surface area (Å²) < 4.78 is 5.21. The van der Waals surface area contributed by atoms with E-state index in [0.717, 1.165) is 25.9 Å². The van der Waals surface area contributed by atoms with Crippen LogP contribution in [0.5, 0.6) is 0 Å². The van der Waals surface area contributed by atoms with E-state index < -0.39 is 0 Å². The minimum absolute atomic E-state index is 0.109. The zero-order valence-electron chi connectivity index (χ0n) is 12.6. The zero-order valence-corrected chi connectivity index (χ0v) is 12.6. The summed E-state index contributed by atoms with van der Waals surface area (Å²) in [6.07, 6.45) is 3.24. The number of nitrogens with zero attached hydrogens (tertiary/aromatic N) is 1. The monoisotopic (exact) mass is 274 g/mol. The van der Waals surface area contributed by atoms with Crippen LogP contribution in [0.4, 0.5) is 0 Å². The van der Waals surface area contributed by atoms with Crippen LogP contribution in [0.25, 0.3) is 0 Å². The third-order valence-corrected chi connectivity index (χ3v) is 2.83. The van der Waals surface area contributed by atoms with Gasteiger partial charge >= 0.3 is 0 Å². The van der Waals surface area contributed by atoms with E-state index in [1.165, 1.54) is 0 Å². The quantitative estimate of drug-likeness (QED) is 0.208. The molecule has 19 heavy (non-hydrogen) atoms. The molecule has 1 atom stereocenters. The minimum atomic E-state index is 0.109. The molecule has 0 rings (SSSR count). The number of ether oxygens (including phenoxy) is 1. The molecule has 114 valence electrons. The fourth-order valence-corrected chi connectivity index (χ4v) is 1.66. The Morgan fingerprint density at radius 2 is 2.16 bits per heavy atom. The van der Waals surface area contributed by atoms with Gasteiger partial charge in [-0.3, -0.25) is 10.6 Å². The summed E-state index contributed by atoms with van der Waals surface area (Å²) in [5.74, 6) is 5.65. The minimum Gasteiger partial charge on any atom is -0.382 e. The lowest BCUT2D eigenvalue weighted by atomic mass is 10.1. The molecule has 0 aliphatic carbocycles. The van der Waals surface area contributed by atoms with Gasteiger partial charge in [0, 0.05) is 39.3 Å². The Morgan fingerprint density at radius 1 is 1.42 bits per heavy atom. The van der Waals surface area contributed by atoms with Crippen molar-refractivity contribution in [2.45, 2.75) is 45.6 Å². The van der Waals surface area contributed by atoms with Crippen molar-refractivity contribution in [2.24, 2.45) is 5.84 Å². The van der Waals surface area contributed by atoms with Gasteiger partial charge in [0.25, 0.3) is 0 Å². The molecular weight excluding hydrogens is 244 g/mol. The van der Waals surface area contributed by atoms with E-state index in [1.807, 2.05) is 14.0 Å². The van der Waals surface area contributed by atoms with Gasteiger partial charge in [0.15, 0.2) is 0 Å². The van der Waals surface area contributed by atoms with E-state index in [0.29, 0.717) is 32.3 Å². The Morgan fingerprint density at radius 3 is 2.74 bits per heavy atom. The number of nitrogens with one attached hydrogen (secondary N) is 2. The van der Waals surface area contributed by atoms with Gasteiger partial charge in [-0.2, -0.15) is 0 Å². The van der Waals surface area contributed by atoms with Gasteiger partial charge < -0.3 is 15.4 Å². The van der Waals surface area contributed by atoms with Crippen molar-refractivity contribution in [1.29, 1.82) is 0 Å². The van der Waals surface area contributed by atoms with Crippen LogP contribution in [0.1, 0.15) is 39.5 Å². The first-order chi connectivity index (χ1) is 9.10. The van der Waals surface area contributed by atoms with Crippen molar-refractivity contribution < 1.29 is 9.53 Å². The van der Waals surface area contributed by atoms with Crippen LogP contribution in [0.15, 0.2) is 0 Å². The van der Waals surface area contributed by atoms with Gasteiger partial charge in [-0.15, -0.1) is 0 Å². The maximum atomic E-state index is 11.6. The van der Waals surface area contributed by atoms with Gasteiger partial charge in [-0.05, 0) is 26.2 Å². The Labute approximate surface area is 117 Å². The van der Waals surface area contributed by atoms with Crippen molar-refractivity contribution in [1.82, 2.24) is 15.6 Å². The standard InChI is InChI=1S/C13H30N4O2/c1-4-12(16-11-17(3)14)7-8-13(18)15-9-6-10-19-5-2/h12,16H,4-11,14H2,1-3H3,(H,15,18). The van der Waals surface area contributed by atoms with Crippen molar-refractivity contribution in [3.63, 3.8) is 0 Å². The van der Waals surface area contributed by atoms with Crippen LogP contribution in [0.2, 0.25) is 0 Å². The third-order valence-electron chi connectivity index (χ3n) is 2.83. The van der Waals surface area contributed by atoms with Crippen LogP contribution < -0.4 is 16.5 Å². The van der Waals surface area contributed by atoms with Crippen LogP contribution in [-0.2, 0) is 9.53 Å². The number of nitrogens with two attached hydrogens (primary N) is 1. The van der Waals surface area contributed by atoms with Gasteiger partial charge in [0.05, 0.1) is 6.67 Å². The lowest BCUT2D eigenvalue weighted by Gasteiger charge is -2.19. The van der Waals surface area contributed by atoms with Crippen molar-refractivity contribution in [2.75, 3.05) is 33.5 Å². The average Bonchev–Trinajstić information content (AvgIpc) is 2.38. The molecule has 0 aliphatic rings. The molecule has 0 saturated carbocycles. The largest absolute Gasteiger partial charge is 0.382 e. The summed E-state index contributed by atoms with van der Waals surface area (Å²) in [7, 11) is 1.81. The lowest BCUT2D eigenvalue weighted by Crippen LogP contribution is -2.41. The molecule has 6 nitrogen and oxygen atoms in total. The summed E-state index contributed by atoms with van der Waals surface area (Å²) in [5.41, 5.74) is 0. The van der Waals surface area contributed by atoms with E-state index in [2.05, 4.69) is 17.6 Å². The summed E-state index contributed by atoms with van der Waals surface area (Å²) >= 11 is 0. The molecular formula is C13H30N4O2. The third kappa shape index (κ3) is 12.1. The van der Waals surface area contributed by atoms with E-state index in [4.69, 9.17) is 10.6 Å². The van der Waals surface area contributed by atoms with E-state index >= 15 is 0 Å². The topological polar surface area (TPSA) is 79.6 Å². The highest BCUT2D eigenvalue weighted by atomic mass is 16.5. The molecule has 0 spiro atoms. The zero-order chi connectivity index (χ0) is 14.5. The second-order valence-electron chi connectivity index (χ2n) is 4.66. The Kier molecular flexibility index (Phi) is 11.9. The summed E-state index contributed by atoms with van der Waals surface area (Å²) in [6.45, 7) is 6.83. The molecule has 4 N–H and O–H groups in total. The van der Waals surface area contributed by atoms with Gasteiger partial charge in [0.2, 0.25) is 5.91 Å². The maximum absolute atomic E-state index is 11.6. The van der Waals surface area contributed by atoms with Crippen LogP contribution in [-0.4, -0.2) is 50.4 Å². The van der Waals surface area contributed by atoms with Crippen LogP contribution in [0, 0.1) is 0 Å². The molecule has 0 fully saturated rings. The van der Waals surface area contributed by atoms with Crippen LogP contribution in [0.3, 0.4) is 0 Å². The lowest BCUT2D eigenvalue weighted by molar-refractivity contribution is -0.121. The van der Waals surface area contributed by atoms with Crippen molar-refractivity contribution >= 4 is 5.91 Å². The number of hydrogen-bond donors (Lipinski definition) is 3. The molecule has 0 aromatic carbocycles. The summed E-state index contributed by atoms with van der Waals surface area (Å²) in [5, 5.41) is 7.81. The molecule has 1 unspecified atom stereocenters. The molecule has 0 aromatic heterocycles. The highest BCUT2D eigenvalue weighted by Gasteiger charge is 2.09. The molecule has 0 bridgehead atoms. The highest BCUT2D eigenvalue weighted by Crippen LogP contribution is 2.01. The molecule has 0 aromatic rings. The van der Waals surface area contributed by atoms with E-state index in [-0.39, 0.29) is 5.91 Å². The smallest absolute Gasteiger partial charge is 0.220 e. The van der Waals surface area contributed by atoms with Gasteiger partial charge in [0.1, 0.15) is 0 Å². The molecule has 0 aliphatic heterocycles. The van der Waals surface area contributed by atoms with Crippen LogP contribution >= 0.6 is 0 Å². The van der Waals surface area contributed by atoms with E-state index in [1.54, 1.807) is 5.01 Å². The highest BCUT2D eigenvalue weighted by molar-refractivity contribution is 5.75. The first-order valence-electron chi connectivity index (χ1n) is 7.13. The number of hydrazine groups is 1. The molecule has 1 amide bonds. The number of carbonyl (C=O) groups excluding carboxylic acids is 1. The fraction of sp³-hybridized carbons (Fsp3) is 0.923. The number of hydrogen-bond acceptors (Lipinski definition) is 5. The number of carbonyl (C=O) groups is 1. The normalized spacial score (nSPS) is 12.7. The van der Waals surface area contributed by atoms with Crippen molar-refractivity contribution in [3.05, 3.63) is 0 Å². The molecule has 0 radical (unpaired) electrons. The first-order valence-corrected chi connectivity index (χ1v) is 7.13. The predicted octanol–water partition coefficient (Wildman–Crippen LogP) is 0.441. The van der Waals surface area contributed by atoms with Crippen molar-refractivity contribution in [3.8, 4) is 0 Å². The van der Waals surface area contributed by atoms with Gasteiger partial charge in [-0.1, -0.05) is 6.92 Å². The SMILES string of the molecule is CCOCCCNC(=O)CCC(CC)NCN(C)N. The first kappa shape index (κ1) is 18.3. The summed E-state index contributed by atoms with van der Waals surface area (Å²) in [4.78, 5) is 11.6. The molecule has 0 heterocycles. The van der Waals surface area contributed by atoms with E-state index in [9.17, 15) is 4.79 Å². The number of rotatable bonds is 12.